The first-order valence-electron chi connectivity index (χ1n) is 7.01. The molecule has 0 fully saturated rings. The van der Waals surface area contributed by atoms with Crippen molar-refractivity contribution in [2.75, 3.05) is 5.75 Å². The molecule has 8 heteroatoms. The van der Waals surface area contributed by atoms with Crippen LogP contribution in [0.1, 0.15) is 11.3 Å². The minimum atomic E-state index is -3.99. The van der Waals surface area contributed by atoms with Crippen molar-refractivity contribution in [3.8, 4) is 5.69 Å². The van der Waals surface area contributed by atoms with Crippen LogP contribution in [0.15, 0.2) is 42.6 Å². The van der Waals surface area contributed by atoms with Crippen molar-refractivity contribution in [2.24, 2.45) is 0 Å². The summed E-state index contributed by atoms with van der Waals surface area (Å²) >= 11 is 5.94. The normalized spacial score (nSPS) is 11.5. The van der Waals surface area contributed by atoms with Gasteiger partial charge >= 0.3 is 29.6 Å². The first kappa shape index (κ1) is 19.4. The van der Waals surface area contributed by atoms with E-state index in [1.54, 1.807) is 6.20 Å². The zero-order chi connectivity index (χ0) is 16.6. The molecule has 0 aliphatic rings. The molecule has 0 unspecified atom stereocenters. The maximum absolute atomic E-state index is 10.9. The Morgan fingerprint density at radius 3 is 2.50 bits per heavy atom. The van der Waals surface area contributed by atoms with Gasteiger partial charge in [0.25, 0.3) is 10.1 Å². The van der Waals surface area contributed by atoms with Crippen molar-refractivity contribution in [2.45, 2.75) is 13.3 Å². The zero-order valence-corrected chi connectivity index (χ0v) is 14.0. The fourth-order valence-electron chi connectivity index (χ4n) is 2.56. The fraction of sp³-hybridized carbons (Fsp3) is 0.188. The molecular formula is C16H16ClN2NaO3S. The average Bonchev–Trinajstić information content (AvgIpc) is 2.81. The third-order valence-corrected chi connectivity index (χ3v) is 4.60. The van der Waals surface area contributed by atoms with E-state index in [1.165, 1.54) is 0 Å². The minimum absolute atomic E-state index is 0. The van der Waals surface area contributed by atoms with Gasteiger partial charge in [-0.25, -0.2) is 0 Å². The molecule has 3 rings (SSSR count). The molecule has 0 amide bonds. The van der Waals surface area contributed by atoms with E-state index in [4.69, 9.17) is 16.2 Å². The number of hydrogen-bond donors (Lipinski definition) is 1. The summed E-state index contributed by atoms with van der Waals surface area (Å²) in [7, 11) is -3.99. The van der Waals surface area contributed by atoms with E-state index >= 15 is 0 Å². The first-order valence-corrected chi connectivity index (χ1v) is 9.00. The van der Waals surface area contributed by atoms with Gasteiger partial charge in [0, 0.05) is 22.6 Å². The third kappa shape index (κ3) is 4.39. The Hall–Kier alpha value is -0.890. The van der Waals surface area contributed by atoms with Gasteiger partial charge in [0.1, 0.15) is 0 Å². The van der Waals surface area contributed by atoms with Crippen molar-refractivity contribution in [3.05, 3.63) is 58.9 Å². The van der Waals surface area contributed by atoms with Crippen LogP contribution in [0.2, 0.25) is 5.02 Å². The Bertz CT molecular complexity index is 969. The van der Waals surface area contributed by atoms with Crippen molar-refractivity contribution in [3.63, 3.8) is 0 Å². The summed E-state index contributed by atoms with van der Waals surface area (Å²) in [5, 5.41) is 0.662. The molecule has 0 saturated heterocycles. The number of nitrogens with zero attached hydrogens (tertiary/aromatic N) is 2. The molecule has 2 aromatic heterocycles. The molecule has 2 heterocycles. The van der Waals surface area contributed by atoms with Gasteiger partial charge in [0.15, 0.2) is 0 Å². The van der Waals surface area contributed by atoms with E-state index in [2.05, 4.69) is 4.98 Å². The Kier molecular flexibility index (Phi) is 6.12. The SMILES string of the molecule is Cc1cc2ncc(CCS(=O)(=O)O)cc2n1-c1ccc(Cl)cc1.[NaH]. The fourth-order valence-corrected chi connectivity index (χ4v) is 3.18. The molecule has 0 spiro atoms. The average molecular weight is 375 g/mol. The summed E-state index contributed by atoms with van der Waals surface area (Å²) in [6.07, 6.45) is 1.85. The second kappa shape index (κ2) is 7.56. The second-order valence-electron chi connectivity index (χ2n) is 5.38. The molecule has 0 atom stereocenters. The Morgan fingerprint density at radius 1 is 1.21 bits per heavy atom. The van der Waals surface area contributed by atoms with Crippen LogP contribution in [0.25, 0.3) is 16.7 Å². The molecule has 5 nitrogen and oxygen atoms in total. The van der Waals surface area contributed by atoms with Crippen LogP contribution in [0.4, 0.5) is 0 Å². The van der Waals surface area contributed by atoms with Gasteiger partial charge < -0.3 is 4.57 Å². The maximum atomic E-state index is 10.9. The second-order valence-corrected chi connectivity index (χ2v) is 7.39. The number of aryl methyl sites for hydroxylation is 2. The first-order chi connectivity index (χ1) is 10.8. The van der Waals surface area contributed by atoms with Crippen molar-refractivity contribution in [1.82, 2.24) is 9.55 Å². The molecule has 0 aliphatic carbocycles. The van der Waals surface area contributed by atoms with E-state index in [9.17, 15) is 8.42 Å². The molecule has 1 aromatic carbocycles. The molecule has 0 saturated carbocycles. The molecule has 0 radical (unpaired) electrons. The standard InChI is InChI=1S/C16H15ClN2O3S.Na.H/c1-11-8-15-16(19(11)14-4-2-13(17)3-5-14)9-12(10-18-15)6-7-23(20,21)22;;/h2-5,8-10H,6-7H2,1H3,(H,20,21,22);;. The number of fused-ring (bicyclic) bond motifs is 1. The molecule has 3 aromatic rings. The molecular weight excluding hydrogens is 359 g/mol. The van der Waals surface area contributed by atoms with E-state index in [0.717, 1.165) is 28.0 Å². The Labute approximate surface area is 167 Å². The van der Waals surface area contributed by atoms with Gasteiger partial charge in [0.05, 0.1) is 16.8 Å². The van der Waals surface area contributed by atoms with Crippen LogP contribution in [-0.4, -0.2) is 57.8 Å². The molecule has 24 heavy (non-hydrogen) atoms. The molecule has 1 N–H and O–H groups in total. The summed E-state index contributed by atoms with van der Waals surface area (Å²) in [5.41, 5.74) is 4.44. The van der Waals surface area contributed by atoms with Crippen LogP contribution in [0.3, 0.4) is 0 Å². The van der Waals surface area contributed by atoms with Gasteiger partial charge in [-0.05, 0) is 55.3 Å². The molecule has 0 aliphatic heterocycles. The summed E-state index contributed by atoms with van der Waals surface area (Å²) < 4.78 is 32.7. The van der Waals surface area contributed by atoms with Gasteiger partial charge in [-0.1, -0.05) is 11.6 Å². The number of benzene rings is 1. The number of halogens is 1. The third-order valence-electron chi connectivity index (χ3n) is 3.63. The summed E-state index contributed by atoms with van der Waals surface area (Å²) in [4.78, 5) is 4.38. The summed E-state index contributed by atoms with van der Waals surface area (Å²) in [6.45, 7) is 1.98. The summed E-state index contributed by atoms with van der Waals surface area (Å²) in [6, 6.07) is 11.3. The van der Waals surface area contributed by atoms with Crippen LogP contribution in [0, 0.1) is 6.92 Å². The summed E-state index contributed by atoms with van der Waals surface area (Å²) in [5.74, 6) is -0.319. The van der Waals surface area contributed by atoms with Crippen LogP contribution in [-0.2, 0) is 16.5 Å². The predicted molar refractivity (Wildman–Crippen MR) is 98.1 cm³/mol. The van der Waals surface area contributed by atoms with Crippen molar-refractivity contribution < 1.29 is 13.0 Å². The number of aromatic nitrogens is 2. The van der Waals surface area contributed by atoms with Gasteiger partial charge in [0.2, 0.25) is 0 Å². The quantitative estimate of drug-likeness (QED) is 0.563. The molecule has 122 valence electrons. The van der Waals surface area contributed by atoms with Crippen LogP contribution >= 0.6 is 11.6 Å². The Morgan fingerprint density at radius 2 is 1.88 bits per heavy atom. The van der Waals surface area contributed by atoms with E-state index in [-0.39, 0.29) is 41.7 Å². The monoisotopic (exact) mass is 374 g/mol. The van der Waals surface area contributed by atoms with Crippen LogP contribution in [0.5, 0.6) is 0 Å². The van der Waals surface area contributed by atoms with Crippen molar-refractivity contribution >= 4 is 62.3 Å². The van der Waals surface area contributed by atoms with E-state index < -0.39 is 10.1 Å². The van der Waals surface area contributed by atoms with Gasteiger partial charge in [-0.3, -0.25) is 9.54 Å². The van der Waals surface area contributed by atoms with E-state index in [0.29, 0.717) is 5.02 Å². The van der Waals surface area contributed by atoms with Crippen molar-refractivity contribution in [1.29, 1.82) is 0 Å². The van der Waals surface area contributed by atoms with Gasteiger partial charge in [-0.15, -0.1) is 0 Å². The van der Waals surface area contributed by atoms with Crippen LogP contribution < -0.4 is 0 Å². The number of pyridine rings is 1. The predicted octanol–water partition coefficient (Wildman–Crippen LogP) is 2.77. The van der Waals surface area contributed by atoms with E-state index in [1.807, 2.05) is 47.9 Å². The zero-order valence-electron chi connectivity index (χ0n) is 12.4. The number of rotatable bonds is 4. The topological polar surface area (TPSA) is 72.2 Å². The molecule has 0 bridgehead atoms. The number of hydrogen-bond acceptors (Lipinski definition) is 3. The van der Waals surface area contributed by atoms with Gasteiger partial charge in [-0.2, -0.15) is 8.42 Å². The Balaban J connectivity index is 0.00000208.